The van der Waals surface area contributed by atoms with Gasteiger partial charge in [0.15, 0.2) is 0 Å². The molecule has 0 atom stereocenters. The van der Waals surface area contributed by atoms with Crippen molar-refractivity contribution >= 4 is 10.0 Å². The standard InChI is InChI=1S/C23H25NO2S/c1-18-14-19(2)23(20(3)15-18)27(25,26)24(16-21-10-6-4-7-11-21)17-22-12-8-5-9-13-22/h4-15H,16-17H2,1-3H3. The summed E-state index contributed by atoms with van der Waals surface area (Å²) < 4.78 is 28.8. The Morgan fingerprint density at radius 1 is 0.704 bits per heavy atom. The molecule has 0 aliphatic heterocycles. The van der Waals surface area contributed by atoms with Gasteiger partial charge in [0.05, 0.1) is 4.90 Å². The lowest BCUT2D eigenvalue weighted by Gasteiger charge is -2.25. The Balaban J connectivity index is 2.05. The van der Waals surface area contributed by atoms with Crippen LogP contribution in [0.4, 0.5) is 0 Å². The van der Waals surface area contributed by atoms with E-state index in [9.17, 15) is 8.42 Å². The molecule has 0 spiro atoms. The molecule has 140 valence electrons. The van der Waals surface area contributed by atoms with Gasteiger partial charge in [0.25, 0.3) is 0 Å². The van der Waals surface area contributed by atoms with Gasteiger partial charge in [-0.1, -0.05) is 78.4 Å². The van der Waals surface area contributed by atoms with E-state index in [4.69, 9.17) is 0 Å². The van der Waals surface area contributed by atoms with E-state index in [2.05, 4.69) is 0 Å². The van der Waals surface area contributed by atoms with Crippen LogP contribution in [-0.2, 0) is 23.1 Å². The van der Waals surface area contributed by atoms with E-state index in [1.54, 1.807) is 4.31 Å². The summed E-state index contributed by atoms with van der Waals surface area (Å²) in [7, 11) is -3.64. The number of aryl methyl sites for hydroxylation is 3. The van der Waals surface area contributed by atoms with Crippen molar-refractivity contribution in [3.8, 4) is 0 Å². The van der Waals surface area contributed by atoms with Gasteiger partial charge >= 0.3 is 0 Å². The number of nitrogens with zero attached hydrogens (tertiary/aromatic N) is 1. The molecule has 4 heteroatoms. The second kappa shape index (κ2) is 8.07. The highest BCUT2D eigenvalue weighted by molar-refractivity contribution is 7.89. The van der Waals surface area contributed by atoms with E-state index in [-0.39, 0.29) is 0 Å². The molecule has 3 rings (SSSR count). The summed E-state index contributed by atoms with van der Waals surface area (Å²) in [5.74, 6) is 0. The van der Waals surface area contributed by atoms with Gasteiger partial charge in [-0.2, -0.15) is 4.31 Å². The highest BCUT2D eigenvalue weighted by atomic mass is 32.2. The Hall–Kier alpha value is -2.43. The lowest BCUT2D eigenvalue weighted by molar-refractivity contribution is 0.400. The predicted octanol–water partition coefficient (Wildman–Crippen LogP) is 5.00. The topological polar surface area (TPSA) is 37.4 Å². The molecule has 3 aromatic carbocycles. The minimum Gasteiger partial charge on any atom is -0.207 e. The van der Waals surface area contributed by atoms with E-state index in [1.807, 2.05) is 93.6 Å². The molecule has 0 N–H and O–H groups in total. The monoisotopic (exact) mass is 379 g/mol. The summed E-state index contributed by atoms with van der Waals surface area (Å²) in [6.07, 6.45) is 0. The zero-order valence-electron chi connectivity index (χ0n) is 16.0. The first-order chi connectivity index (χ1) is 12.9. The maximum absolute atomic E-state index is 13.6. The first-order valence-corrected chi connectivity index (χ1v) is 10.5. The fourth-order valence-electron chi connectivity index (χ4n) is 3.50. The van der Waals surface area contributed by atoms with Crippen molar-refractivity contribution in [1.82, 2.24) is 4.31 Å². The van der Waals surface area contributed by atoms with Gasteiger partial charge in [-0.05, 0) is 43.0 Å². The SMILES string of the molecule is Cc1cc(C)c(S(=O)(=O)N(Cc2ccccc2)Cc2ccccc2)c(C)c1. The molecular formula is C23H25NO2S. The number of rotatable bonds is 6. The second-order valence-corrected chi connectivity index (χ2v) is 8.85. The molecule has 0 bridgehead atoms. The maximum atomic E-state index is 13.6. The zero-order valence-corrected chi connectivity index (χ0v) is 16.8. The number of sulfonamides is 1. The molecule has 0 heterocycles. The summed E-state index contributed by atoms with van der Waals surface area (Å²) in [5.41, 5.74) is 4.60. The first-order valence-electron chi connectivity index (χ1n) is 9.04. The Labute approximate surface area is 162 Å². The van der Waals surface area contributed by atoms with Crippen LogP contribution in [0.25, 0.3) is 0 Å². The maximum Gasteiger partial charge on any atom is 0.244 e. The van der Waals surface area contributed by atoms with E-state index in [1.165, 1.54) is 0 Å². The van der Waals surface area contributed by atoms with Gasteiger partial charge < -0.3 is 0 Å². The van der Waals surface area contributed by atoms with Crippen LogP contribution >= 0.6 is 0 Å². The quantitative estimate of drug-likeness (QED) is 0.604. The van der Waals surface area contributed by atoms with Crippen LogP contribution in [-0.4, -0.2) is 12.7 Å². The third-order valence-electron chi connectivity index (χ3n) is 4.61. The van der Waals surface area contributed by atoms with Gasteiger partial charge in [0, 0.05) is 13.1 Å². The molecule has 0 aromatic heterocycles. The minimum atomic E-state index is -3.64. The Morgan fingerprint density at radius 2 is 1.11 bits per heavy atom. The zero-order chi connectivity index (χ0) is 19.4. The lowest BCUT2D eigenvalue weighted by Crippen LogP contribution is -2.31. The highest BCUT2D eigenvalue weighted by Crippen LogP contribution is 2.27. The van der Waals surface area contributed by atoms with Crippen molar-refractivity contribution in [2.24, 2.45) is 0 Å². The first kappa shape index (κ1) is 19.3. The van der Waals surface area contributed by atoms with Crippen LogP contribution in [0, 0.1) is 20.8 Å². The lowest BCUT2D eigenvalue weighted by atomic mass is 10.1. The van der Waals surface area contributed by atoms with Crippen LogP contribution in [0.15, 0.2) is 77.7 Å². The molecular weight excluding hydrogens is 354 g/mol. The average Bonchev–Trinajstić information content (AvgIpc) is 2.62. The molecule has 3 nitrogen and oxygen atoms in total. The summed E-state index contributed by atoms with van der Waals surface area (Å²) in [6.45, 7) is 6.41. The Morgan fingerprint density at radius 3 is 1.52 bits per heavy atom. The molecule has 0 aliphatic carbocycles. The smallest absolute Gasteiger partial charge is 0.207 e. The summed E-state index contributed by atoms with van der Waals surface area (Å²) >= 11 is 0. The minimum absolute atomic E-state index is 0.338. The Bertz CT molecular complexity index is 948. The molecule has 0 fully saturated rings. The van der Waals surface area contributed by atoms with E-state index in [0.717, 1.165) is 27.8 Å². The fraction of sp³-hybridized carbons (Fsp3) is 0.217. The van der Waals surface area contributed by atoms with Gasteiger partial charge in [0.1, 0.15) is 0 Å². The van der Waals surface area contributed by atoms with Crippen molar-refractivity contribution in [3.05, 3.63) is 101 Å². The third-order valence-corrected chi connectivity index (χ3v) is 6.70. The number of hydrogen-bond acceptors (Lipinski definition) is 2. The van der Waals surface area contributed by atoms with Gasteiger partial charge in [-0.3, -0.25) is 0 Å². The van der Waals surface area contributed by atoms with Crippen LogP contribution in [0.5, 0.6) is 0 Å². The van der Waals surface area contributed by atoms with Crippen molar-refractivity contribution in [2.45, 2.75) is 38.8 Å². The molecule has 0 amide bonds. The third kappa shape index (κ3) is 4.46. The van der Waals surface area contributed by atoms with E-state index >= 15 is 0 Å². The molecule has 0 unspecified atom stereocenters. The van der Waals surface area contributed by atoms with Crippen molar-refractivity contribution < 1.29 is 8.42 Å². The van der Waals surface area contributed by atoms with Crippen LogP contribution < -0.4 is 0 Å². The molecule has 0 saturated carbocycles. The van der Waals surface area contributed by atoms with E-state index < -0.39 is 10.0 Å². The summed E-state index contributed by atoms with van der Waals surface area (Å²) in [4.78, 5) is 0.417. The Kier molecular flexibility index (Phi) is 5.78. The van der Waals surface area contributed by atoms with E-state index in [0.29, 0.717) is 18.0 Å². The molecule has 0 radical (unpaired) electrons. The number of benzene rings is 3. The van der Waals surface area contributed by atoms with Crippen LogP contribution in [0.2, 0.25) is 0 Å². The van der Waals surface area contributed by atoms with Crippen LogP contribution in [0.1, 0.15) is 27.8 Å². The normalized spacial score (nSPS) is 11.7. The predicted molar refractivity (Wildman–Crippen MR) is 110 cm³/mol. The molecule has 0 saturated heterocycles. The highest BCUT2D eigenvalue weighted by Gasteiger charge is 2.28. The van der Waals surface area contributed by atoms with Gasteiger partial charge in [-0.25, -0.2) is 8.42 Å². The largest absolute Gasteiger partial charge is 0.244 e. The van der Waals surface area contributed by atoms with Gasteiger partial charge in [0.2, 0.25) is 10.0 Å². The molecule has 3 aromatic rings. The van der Waals surface area contributed by atoms with Crippen molar-refractivity contribution in [2.75, 3.05) is 0 Å². The van der Waals surface area contributed by atoms with Gasteiger partial charge in [-0.15, -0.1) is 0 Å². The number of hydrogen-bond donors (Lipinski definition) is 0. The van der Waals surface area contributed by atoms with Crippen molar-refractivity contribution in [1.29, 1.82) is 0 Å². The average molecular weight is 380 g/mol. The second-order valence-electron chi connectivity index (χ2n) is 6.97. The summed E-state index contributed by atoms with van der Waals surface area (Å²) in [6, 6.07) is 23.3. The summed E-state index contributed by atoms with van der Waals surface area (Å²) in [5, 5.41) is 0. The van der Waals surface area contributed by atoms with Crippen LogP contribution in [0.3, 0.4) is 0 Å². The fourth-order valence-corrected chi connectivity index (χ4v) is 5.33. The molecule has 27 heavy (non-hydrogen) atoms. The molecule has 0 aliphatic rings. The van der Waals surface area contributed by atoms with Crippen molar-refractivity contribution in [3.63, 3.8) is 0 Å².